The Hall–Kier alpha value is -2.08. The number of halogens is 1. The van der Waals surface area contributed by atoms with Gasteiger partial charge >= 0.3 is 0 Å². The van der Waals surface area contributed by atoms with Gasteiger partial charge in [-0.3, -0.25) is 0 Å². The lowest BCUT2D eigenvalue weighted by Gasteiger charge is -2.10. The van der Waals surface area contributed by atoms with Crippen LogP contribution in [0, 0.1) is 0 Å². The van der Waals surface area contributed by atoms with Gasteiger partial charge < -0.3 is 14.5 Å². The average Bonchev–Trinajstić information content (AvgIpc) is 2.88. The fraction of sp³-hybridized carbons (Fsp3) is 0.143. The van der Waals surface area contributed by atoms with Crippen LogP contribution in [-0.4, -0.2) is 29.2 Å². The quantitative estimate of drug-likeness (QED) is 0.797. The molecule has 1 N–H and O–H groups in total. The highest BCUT2D eigenvalue weighted by Crippen LogP contribution is 2.37. The van der Waals surface area contributed by atoms with Crippen LogP contribution < -0.4 is 9.47 Å². The monoisotopic (exact) mass is 333 g/mol. The van der Waals surface area contributed by atoms with Crippen LogP contribution in [0.2, 0.25) is 0 Å². The van der Waals surface area contributed by atoms with E-state index in [0.29, 0.717) is 23.0 Å². The van der Waals surface area contributed by atoms with Crippen LogP contribution in [0.5, 0.6) is 11.5 Å². The molecule has 0 atom stereocenters. The van der Waals surface area contributed by atoms with Crippen LogP contribution in [0.3, 0.4) is 0 Å². The summed E-state index contributed by atoms with van der Waals surface area (Å²) in [6.07, 6.45) is 1.72. The first-order valence-corrected chi connectivity index (χ1v) is 6.75. The standard InChI is InChI=1S/C14H12BrN3O2/c1-19-11-5-3-4-9(12(11)20-2)13-17-10-6-8(15)7-16-14(10)18-13/h3-7H,1-2H3,(H,16,17,18). The Kier molecular flexibility index (Phi) is 3.31. The molecular weight excluding hydrogens is 322 g/mol. The van der Waals surface area contributed by atoms with E-state index in [1.54, 1.807) is 20.4 Å². The first-order valence-electron chi connectivity index (χ1n) is 5.95. The molecule has 2 heterocycles. The lowest BCUT2D eigenvalue weighted by atomic mass is 10.1. The first kappa shape index (κ1) is 12.9. The van der Waals surface area contributed by atoms with Crippen molar-refractivity contribution in [2.75, 3.05) is 14.2 Å². The Bertz CT molecular complexity index is 770. The molecule has 0 aliphatic heterocycles. The normalized spacial score (nSPS) is 10.8. The molecule has 0 amide bonds. The molecule has 0 radical (unpaired) electrons. The largest absolute Gasteiger partial charge is 0.493 e. The minimum Gasteiger partial charge on any atom is -0.493 e. The highest BCUT2D eigenvalue weighted by Gasteiger charge is 2.15. The van der Waals surface area contributed by atoms with Crippen LogP contribution >= 0.6 is 15.9 Å². The topological polar surface area (TPSA) is 60.0 Å². The van der Waals surface area contributed by atoms with Crippen LogP contribution in [0.25, 0.3) is 22.6 Å². The Morgan fingerprint density at radius 1 is 1.20 bits per heavy atom. The van der Waals surface area contributed by atoms with Crippen molar-refractivity contribution in [3.05, 3.63) is 34.9 Å². The number of hydrogen-bond acceptors (Lipinski definition) is 4. The summed E-state index contributed by atoms with van der Waals surface area (Å²) in [5.41, 5.74) is 2.35. The summed E-state index contributed by atoms with van der Waals surface area (Å²) in [5.74, 6) is 2.01. The molecule has 1 aromatic carbocycles. The molecule has 0 saturated carbocycles. The zero-order valence-electron chi connectivity index (χ0n) is 11.0. The van der Waals surface area contributed by atoms with Gasteiger partial charge in [-0.05, 0) is 34.1 Å². The minimum atomic E-state index is 0.646. The third-order valence-corrected chi connectivity index (χ3v) is 3.40. The third kappa shape index (κ3) is 2.12. The van der Waals surface area contributed by atoms with Gasteiger partial charge in [-0.15, -0.1) is 0 Å². The summed E-state index contributed by atoms with van der Waals surface area (Å²) < 4.78 is 11.6. The summed E-state index contributed by atoms with van der Waals surface area (Å²) in [6.45, 7) is 0. The second kappa shape index (κ2) is 5.13. The van der Waals surface area contributed by atoms with Gasteiger partial charge in [0.15, 0.2) is 17.1 Å². The minimum absolute atomic E-state index is 0.646. The molecule has 3 aromatic rings. The highest BCUT2D eigenvalue weighted by molar-refractivity contribution is 9.10. The Morgan fingerprint density at radius 3 is 2.80 bits per heavy atom. The van der Waals surface area contributed by atoms with Gasteiger partial charge in [0.05, 0.1) is 25.3 Å². The number of methoxy groups -OCH3 is 2. The second-order valence-corrected chi connectivity index (χ2v) is 5.07. The van der Waals surface area contributed by atoms with E-state index in [1.807, 2.05) is 24.3 Å². The third-order valence-electron chi connectivity index (χ3n) is 2.96. The maximum atomic E-state index is 5.43. The van der Waals surface area contributed by atoms with Crippen molar-refractivity contribution in [1.82, 2.24) is 15.0 Å². The van der Waals surface area contributed by atoms with Gasteiger partial charge in [0.2, 0.25) is 0 Å². The average molecular weight is 334 g/mol. The van der Waals surface area contributed by atoms with E-state index in [-0.39, 0.29) is 0 Å². The first-order chi connectivity index (χ1) is 9.72. The molecule has 5 nitrogen and oxygen atoms in total. The summed E-state index contributed by atoms with van der Waals surface area (Å²) in [7, 11) is 3.22. The highest BCUT2D eigenvalue weighted by atomic mass is 79.9. The van der Waals surface area contributed by atoms with Gasteiger partial charge in [0.25, 0.3) is 0 Å². The van der Waals surface area contributed by atoms with Gasteiger partial charge in [-0.2, -0.15) is 0 Å². The maximum Gasteiger partial charge on any atom is 0.178 e. The zero-order chi connectivity index (χ0) is 14.1. The fourth-order valence-corrected chi connectivity index (χ4v) is 2.41. The van der Waals surface area contributed by atoms with E-state index in [2.05, 4.69) is 30.9 Å². The van der Waals surface area contributed by atoms with Gasteiger partial charge in [-0.1, -0.05) is 6.07 Å². The molecule has 0 bridgehead atoms. The van der Waals surface area contributed by atoms with Crippen molar-refractivity contribution in [3.8, 4) is 22.9 Å². The van der Waals surface area contributed by atoms with Crippen LogP contribution in [0.15, 0.2) is 34.9 Å². The molecule has 2 aromatic heterocycles. The van der Waals surface area contributed by atoms with E-state index >= 15 is 0 Å². The number of benzene rings is 1. The SMILES string of the molecule is COc1cccc(-c2nc3ncc(Br)cc3[nH]2)c1OC. The molecule has 0 saturated heterocycles. The van der Waals surface area contributed by atoms with Crippen molar-refractivity contribution in [1.29, 1.82) is 0 Å². The van der Waals surface area contributed by atoms with Gasteiger partial charge in [0, 0.05) is 10.7 Å². The lowest BCUT2D eigenvalue weighted by Crippen LogP contribution is -1.93. The number of rotatable bonds is 3. The van der Waals surface area contributed by atoms with Crippen molar-refractivity contribution >= 4 is 27.1 Å². The molecule has 3 rings (SSSR count). The van der Waals surface area contributed by atoms with Crippen LogP contribution in [0.1, 0.15) is 0 Å². The van der Waals surface area contributed by atoms with Crippen LogP contribution in [0.4, 0.5) is 0 Å². The Morgan fingerprint density at radius 2 is 2.05 bits per heavy atom. The van der Waals surface area contributed by atoms with E-state index < -0.39 is 0 Å². The van der Waals surface area contributed by atoms with E-state index in [9.17, 15) is 0 Å². The van der Waals surface area contributed by atoms with Crippen molar-refractivity contribution in [2.24, 2.45) is 0 Å². The summed E-state index contributed by atoms with van der Waals surface area (Å²) in [6, 6.07) is 7.60. The molecule has 0 unspecified atom stereocenters. The van der Waals surface area contributed by atoms with Crippen molar-refractivity contribution in [3.63, 3.8) is 0 Å². The molecule has 102 valence electrons. The molecule has 0 aliphatic rings. The number of hydrogen-bond donors (Lipinski definition) is 1. The zero-order valence-corrected chi connectivity index (χ0v) is 12.6. The predicted octanol–water partition coefficient (Wildman–Crippen LogP) is 3.40. The number of H-pyrrole nitrogens is 1. The number of aromatic amines is 1. The number of nitrogens with one attached hydrogen (secondary N) is 1. The lowest BCUT2D eigenvalue weighted by molar-refractivity contribution is 0.356. The van der Waals surface area contributed by atoms with Crippen LogP contribution in [-0.2, 0) is 0 Å². The predicted molar refractivity (Wildman–Crippen MR) is 80.1 cm³/mol. The van der Waals surface area contributed by atoms with E-state index in [4.69, 9.17) is 9.47 Å². The van der Waals surface area contributed by atoms with E-state index in [1.165, 1.54) is 0 Å². The number of para-hydroxylation sites is 1. The summed E-state index contributed by atoms with van der Waals surface area (Å²) in [5, 5.41) is 0. The van der Waals surface area contributed by atoms with Crippen molar-refractivity contribution < 1.29 is 9.47 Å². The number of fused-ring (bicyclic) bond motifs is 1. The Balaban J connectivity index is 2.20. The molecule has 6 heteroatoms. The van der Waals surface area contributed by atoms with Crippen molar-refractivity contribution in [2.45, 2.75) is 0 Å². The molecule has 20 heavy (non-hydrogen) atoms. The molecule has 0 aliphatic carbocycles. The van der Waals surface area contributed by atoms with Gasteiger partial charge in [-0.25, -0.2) is 9.97 Å². The van der Waals surface area contributed by atoms with Gasteiger partial charge in [0.1, 0.15) is 5.82 Å². The van der Waals surface area contributed by atoms with E-state index in [0.717, 1.165) is 15.6 Å². The Labute approximate surface area is 124 Å². The fourth-order valence-electron chi connectivity index (χ4n) is 2.08. The maximum absolute atomic E-state index is 5.43. The summed E-state index contributed by atoms with van der Waals surface area (Å²) >= 11 is 3.39. The number of ether oxygens (including phenoxy) is 2. The molecular formula is C14H12BrN3O2. The number of aromatic nitrogens is 3. The number of pyridine rings is 1. The molecule has 0 spiro atoms. The number of imidazole rings is 1. The second-order valence-electron chi connectivity index (χ2n) is 4.15. The summed E-state index contributed by atoms with van der Waals surface area (Å²) in [4.78, 5) is 12.0. The number of nitrogens with zero attached hydrogens (tertiary/aromatic N) is 2. The smallest absolute Gasteiger partial charge is 0.178 e. The molecule has 0 fully saturated rings.